The van der Waals surface area contributed by atoms with Crippen LogP contribution in [-0.4, -0.2) is 46.9 Å². The highest BCUT2D eigenvalue weighted by atomic mass is 32.2. The Balaban J connectivity index is 2.00. The highest BCUT2D eigenvalue weighted by molar-refractivity contribution is 8.06. The molecule has 2 heterocycles. The Morgan fingerprint density at radius 1 is 1.55 bits per heavy atom. The Hall–Kier alpha value is -1.25. The number of aliphatic imine (C=N–C) groups is 1. The minimum absolute atomic E-state index is 0.185. The van der Waals surface area contributed by atoms with Gasteiger partial charge >= 0.3 is 5.97 Å². The van der Waals surface area contributed by atoms with E-state index in [1.807, 2.05) is 18.7 Å². The minimum Gasteiger partial charge on any atom is -0.463 e. The average Bonchev–Trinajstić information content (AvgIpc) is 2.98. The smallest absolute Gasteiger partial charge is 0.331 e. The maximum absolute atomic E-state index is 12.5. The number of carbonyl (C=O) groups is 2. The molecule has 2 rings (SSSR count). The van der Waals surface area contributed by atoms with Crippen LogP contribution in [0.1, 0.15) is 20.8 Å². The van der Waals surface area contributed by atoms with Crippen LogP contribution < -0.4 is 5.73 Å². The Morgan fingerprint density at radius 2 is 2.27 bits per heavy atom. The lowest BCUT2D eigenvalue weighted by atomic mass is 10.2. The molecule has 8 heteroatoms. The molecule has 0 bridgehead atoms. The van der Waals surface area contributed by atoms with Crippen molar-refractivity contribution in [2.24, 2.45) is 10.7 Å². The number of esters is 1. The lowest BCUT2D eigenvalue weighted by molar-refractivity contribution is -0.137. The van der Waals surface area contributed by atoms with Crippen molar-refractivity contribution in [1.29, 1.82) is 0 Å². The van der Waals surface area contributed by atoms with Gasteiger partial charge in [0.15, 0.2) is 0 Å². The van der Waals surface area contributed by atoms with E-state index in [2.05, 4.69) is 4.99 Å². The summed E-state index contributed by atoms with van der Waals surface area (Å²) in [7, 11) is 0. The molecule has 2 aliphatic rings. The molecule has 2 aliphatic heterocycles. The van der Waals surface area contributed by atoms with Crippen molar-refractivity contribution in [2.45, 2.75) is 25.8 Å². The molecule has 0 fully saturated rings. The fourth-order valence-corrected chi connectivity index (χ4v) is 3.81. The molecule has 0 saturated heterocycles. The molecular formula is C14H19N3O3S2. The Kier molecular flexibility index (Phi) is 5.36. The molecule has 0 aromatic carbocycles. The van der Waals surface area contributed by atoms with E-state index in [4.69, 9.17) is 10.5 Å². The molecular weight excluding hydrogens is 322 g/mol. The minimum atomic E-state index is -1.36. The van der Waals surface area contributed by atoms with Crippen LogP contribution in [0.5, 0.6) is 0 Å². The topological polar surface area (TPSA) is 85.0 Å². The molecule has 0 radical (unpaired) electrons. The van der Waals surface area contributed by atoms with Gasteiger partial charge in [-0.15, -0.1) is 11.8 Å². The van der Waals surface area contributed by atoms with E-state index in [9.17, 15) is 9.59 Å². The van der Waals surface area contributed by atoms with Gasteiger partial charge < -0.3 is 9.64 Å². The molecule has 0 amide bonds. The van der Waals surface area contributed by atoms with Crippen LogP contribution in [0.15, 0.2) is 26.6 Å². The van der Waals surface area contributed by atoms with Crippen molar-refractivity contribution >= 4 is 41.5 Å². The summed E-state index contributed by atoms with van der Waals surface area (Å²) in [5, 5.41) is 0. The van der Waals surface area contributed by atoms with Crippen LogP contribution in [0.25, 0.3) is 0 Å². The van der Waals surface area contributed by atoms with Gasteiger partial charge in [-0.1, -0.05) is 11.8 Å². The molecule has 6 nitrogen and oxygen atoms in total. The van der Waals surface area contributed by atoms with E-state index >= 15 is 0 Å². The quantitative estimate of drug-likeness (QED) is 0.601. The van der Waals surface area contributed by atoms with Gasteiger partial charge in [0, 0.05) is 27.8 Å². The monoisotopic (exact) mass is 341 g/mol. The van der Waals surface area contributed by atoms with Gasteiger partial charge in [-0.25, -0.2) is 4.79 Å². The van der Waals surface area contributed by atoms with Crippen LogP contribution in [-0.2, 0) is 14.3 Å². The predicted molar refractivity (Wildman–Crippen MR) is 90.3 cm³/mol. The molecule has 0 aliphatic carbocycles. The normalized spacial score (nSPS) is 26.2. The van der Waals surface area contributed by atoms with Gasteiger partial charge in [-0.2, -0.15) is 0 Å². The summed E-state index contributed by atoms with van der Waals surface area (Å²) in [5.41, 5.74) is 7.17. The third kappa shape index (κ3) is 3.74. The van der Waals surface area contributed by atoms with Crippen LogP contribution in [0.4, 0.5) is 0 Å². The van der Waals surface area contributed by atoms with Crippen molar-refractivity contribution in [3.05, 3.63) is 21.6 Å². The number of allylic oxidation sites excluding steroid dienone is 3. The second-order valence-corrected chi connectivity index (χ2v) is 7.35. The van der Waals surface area contributed by atoms with Crippen molar-refractivity contribution in [3.63, 3.8) is 0 Å². The first-order valence-electron chi connectivity index (χ1n) is 6.86. The number of ether oxygens (including phenoxy) is 1. The summed E-state index contributed by atoms with van der Waals surface area (Å²) in [6.07, 6.45) is 2.76. The Labute approximate surface area is 138 Å². The zero-order valence-electron chi connectivity index (χ0n) is 12.8. The van der Waals surface area contributed by atoms with Crippen molar-refractivity contribution in [2.75, 3.05) is 19.0 Å². The van der Waals surface area contributed by atoms with Crippen molar-refractivity contribution in [3.8, 4) is 0 Å². The number of Topliss-reactive ketones (excluding diaryl/α,β-unsaturated/α-hetero) is 1. The van der Waals surface area contributed by atoms with E-state index in [1.54, 1.807) is 18.7 Å². The molecule has 2 N–H and O–H groups in total. The van der Waals surface area contributed by atoms with E-state index in [1.165, 1.54) is 17.2 Å². The fraction of sp³-hybridized carbons (Fsp3) is 0.500. The van der Waals surface area contributed by atoms with Gasteiger partial charge in [-0.05, 0) is 20.8 Å². The maximum atomic E-state index is 12.5. The highest BCUT2D eigenvalue weighted by Gasteiger charge is 2.39. The van der Waals surface area contributed by atoms with Gasteiger partial charge in [0.05, 0.1) is 19.0 Å². The zero-order chi connectivity index (χ0) is 16.3. The predicted octanol–water partition coefficient (Wildman–Crippen LogP) is 1.69. The first-order chi connectivity index (χ1) is 10.4. The molecule has 1 unspecified atom stereocenters. The number of thioether (sulfide) groups is 2. The standard InChI is InChI=1S/C14H19N3O3S2/c1-4-20-13(19)5-11-6-16-14(15,22-11)12(18)7-17-8-21-10(3)9(17)2/h5-6H,4,7-8,15H2,1-3H3. The zero-order valence-corrected chi connectivity index (χ0v) is 14.4. The molecule has 0 saturated carbocycles. The first-order valence-corrected chi connectivity index (χ1v) is 8.66. The van der Waals surface area contributed by atoms with Crippen LogP contribution in [0.3, 0.4) is 0 Å². The third-order valence-electron chi connectivity index (χ3n) is 3.36. The molecule has 1 atom stereocenters. The van der Waals surface area contributed by atoms with Gasteiger partial charge in [0.2, 0.25) is 10.8 Å². The number of hydrogen-bond acceptors (Lipinski definition) is 8. The molecule has 22 heavy (non-hydrogen) atoms. The summed E-state index contributed by atoms with van der Waals surface area (Å²) in [5.74, 6) is 0.105. The molecule has 0 aromatic rings. The molecule has 0 spiro atoms. The van der Waals surface area contributed by atoms with E-state index in [-0.39, 0.29) is 12.3 Å². The Morgan fingerprint density at radius 3 is 2.86 bits per heavy atom. The van der Waals surface area contributed by atoms with Crippen LogP contribution >= 0.6 is 23.5 Å². The largest absolute Gasteiger partial charge is 0.463 e. The van der Waals surface area contributed by atoms with Gasteiger partial charge in [0.1, 0.15) is 0 Å². The fourth-order valence-electron chi connectivity index (χ4n) is 1.94. The van der Waals surface area contributed by atoms with Crippen molar-refractivity contribution < 1.29 is 14.3 Å². The third-order valence-corrected chi connectivity index (χ3v) is 5.63. The van der Waals surface area contributed by atoms with Gasteiger partial charge in [-0.3, -0.25) is 15.5 Å². The number of nitrogens with two attached hydrogens (primary N) is 1. The lowest BCUT2D eigenvalue weighted by Gasteiger charge is -2.24. The van der Waals surface area contributed by atoms with E-state index in [0.717, 1.165) is 23.3 Å². The summed E-state index contributed by atoms with van der Waals surface area (Å²) < 4.78 is 4.83. The second-order valence-electron chi connectivity index (χ2n) is 4.89. The lowest BCUT2D eigenvalue weighted by Crippen LogP contribution is -2.46. The highest BCUT2D eigenvalue weighted by Crippen LogP contribution is 2.36. The number of rotatable bonds is 5. The van der Waals surface area contributed by atoms with E-state index < -0.39 is 11.0 Å². The maximum Gasteiger partial charge on any atom is 0.331 e. The second kappa shape index (κ2) is 6.89. The number of ketones is 1. The molecule has 120 valence electrons. The van der Waals surface area contributed by atoms with Gasteiger partial charge in [0.25, 0.3) is 0 Å². The summed E-state index contributed by atoms with van der Waals surface area (Å²) >= 11 is 2.78. The Bertz CT molecular complexity index is 586. The number of nitrogens with zero attached hydrogens (tertiary/aromatic N) is 2. The molecule has 0 aromatic heterocycles. The average molecular weight is 341 g/mol. The number of hydrogen-bond donors (Lipinski definition) is 1. The SMILES string of the molecule is CCOC(=O)C=C1C=NC(N)(C(=O)CN2CSC(C)=C2C)S1. The number of carbonyl (C=O) groups excluding carboxylic acids is 2. The van der Waals surface area contributed by atoms with Crippen LogP contribution in [0, 0.1) is 0 Å². The first kappa shape index (κ1) is 17.1. The van der Waals surface area contributed by atoms with Crippen molar-refractivity contribution in [1.82, 2.24) is 4.90 Å². The van der Waals surface area contributed by atoms with Crippen LogP contribution in [0.2, 0.25) is 0 Å². The van der Waals surface area contributed by atoms with E-state index in [0.29, 0.717) is 11.5 Å². The summed E-state index contributed by atoms with van der Waals surface area (Å²) in [6, 6.07) is 0. The summed E-state index contributed by atoms with van der Waals surface area (Å²) in [6.45, 7) is 6.27. The summed E-state index contributed by atoms with van der Waals surface area (Å²) in [4.78, 5) is 30.3.